The number of aliphatic hydroxyl groups excluding tert-OH is 1. The van der Waals surface area contributed by atoms with Crippen molar-refractivity contribution in [2.45, 2.75) is 50.9 Å². The summed E-state index contributed by atoms with van der Waals surface area (Å²) in [5.74, 6) is -0.0658. The van der Waals surface area contributed by atoms with E-state index in [-0.39, 0.29) is 17.8 Å². The number of carbonyl (C=O) groups is 1. The van der Waals surface area contributed by atoms with Crippen molar-refractivity contribution in [1.82, 2.24) is 4.90 Å². The van der Waals surface area contributed by atoms with Gasteiger partial charge in [-0.05, 0) is 44.0 Å². The molecule has 1 aliphatic rings. The SMILES string of the molecule is C[C@@H](Oc1ccc(F)cc1)C(=O)N(C)[C@@H]1CCCC[C@H]1O. The molecule has 4 nitrogen and oxygen atoms in total. The van der Waals surface area contributed by atoms with E-state index in [9.17, 15) is 14.3 Å². The minimum Gasteiger partial charge on any atom is -0.481 e. The van der Waals surface area contributed by atoms with Gasteiger partial charge in [0.1, 0.15) is 11.6 Å². The summed E-state index contributed by atoms with van der Waals surface area (Å²) in [6.45, 7) is 1.66. The van der Waals surface area contributed by atoms with Crippen LogP contribution >= 0.6 is 0 Å². The van der Waals surface area contributed by atoms with Gasteiger partial charge in [0, 0.05) is 7.05 Å². The van der Waals surface area contributed by atoms with E-state index in [1.54, 1.807) is 18.9 Å². The molecule has 5 heteroatoms. The lowest BCUT2D eigenvalue weighted by atomic mass is 9.91. The minimum atomic E-state index is -0.672. The molecule has 1 N–H and O–H groups in total. The highest BCUT2D eigenvalue weighted by atomic mass is 19.1. The van der Waals surface area contributed by atoms with Crippen LogP contribution in [0.3, 0.4) is 0 Å². The van der Waals surface area contributed by atoms with Gasteiger partial charge in [-0.1, -0.05) is 12.8 Å². The van der Waals surface area contributed by atoms with Crippen LogP contribution < -0.4 is 4.74 Å². The second-order valence-corrected chi connectivity index (χ2v) is 5.58. The van der Waals surface area contributed by atoms with Crippen LogP contribution in [-0.4, -0.2) is 41.2 Å². The first kappa shape index (κ1) is 15.8. The van der Waals surface area contributed by atoms with E-state index in [0.29, 0.717) is 5.75 Å². The molecule has 0 radical (unpaired) electrons. The molecule has 0 spiro atoms. The Morgan fingerprint density at radius 2 is 1.95 bits per heavy atom. The Labute approximate surface area is 124 Å². The zero-order valence-corrected chi connectivity index (χ0v) is 12.5. The summed E-state index contributed by atoms with van der Waals surface area (Å²) in [5.41, 5.74) is 0. The number of amides is 1. The fraction of sp³-hybridized carbons (Fsp3) is 0.562. The van der Waals surface area contributed by atoms with E-state index in [0.717, 1.165) is 25.7 Å². The molecule has 1 aromatic rings. The average molecular weight is 295 g/mol. The van der Waals surface area contributed by atoms with Crippen molar-refractivity contribution in [1.29, 1.82) is 0 Å². The Morgan fingerprint density at radius 1 is 1.33 bits per heavy atom. The fourth-order valence-corrected chi connectivity index (χ4v) is 2.76. The van der Waals surface area contributed by atoms with Crippen molar-refractivity contribution in [3.63, 3.8) is 0 Å². The molecule has 1 aliphatic carbocycles. The smallest absolute Gasteiger partial charge is 0.263 e. The Bertz CT molecular complexity index is 477. The second kappa shape index (κ2) is 6.89. The number of likely N-dealkylation sites (N-methyl/N-ethyl adjacent to an activating group) is 1. The lowest BCUT2D eigenvalue weighted by molar-refractivity contribution is -0.142. The molecule has 21 heavy (non-hydrogen) atoms. The van der Waals surface area contributed by atoms with Crippen molar-refractivity contribution in [2.24, 2.45) is 0 Å². The molecule has 1 aromatic carbocycles. The summed E-state index contributed by atoms with van der Waals surface area (Å²) >= 11 is 0. The normalized spacial score (nSPS) is 23.4. The van der Waals surface area contributed by atoms with Gasteiger partial charge in [0.2, 0.25) is 0 Å². The van der Waals surface area contributed by atoms with Crippen LogP contribution in [-0.2, 0) is 4.79 Å². The molecule has 1 fully saturated rings. The third kappa shape index (κ3) is 3.94. The molecule has 2 rings (SSSR count). The Morgan fingerprint density at radius 3 is 2.57 bits per heavy atom. The number of hydrogen-bond donors (Lipinski definition) is 1. The van der Waals surface area contributed by atoms with Gasteiger partial charge in [-0.15, -0.1) is 0 Å². The fourth-order valence-electron chi connectivity index (χ4n) is 2.76. The zero-order chi connectivity index (χ0) is 15.4. The van der Waals surface area contributed by atoms with Crippen LogP contribution in [0, 0.1) is 5.82 Å². The maximum atomic E-state index is 12.8. The summed E-state index contributed by atoms with van der Waals surface area (Å²) in [7, 11) is 1.70. The average Bonchev–Trinajstić information content (AvgIpc) is 2.48. The van der Waals surface area contributed by atoms with Crippen LogP contribution in [0.25, 0.3) is 0 Å². The first-order valence-corrected chi connectivity index (χ1v) is 7.36. The summed E-state index contributed by atoms with van der Waals surface area (Å²) < 4.78 is 18.4. The number of rotatable bonds is 4. The van der Waals surface area contributed by atoms with E-state index in [4.69, 9.17) is 4.74 Å². The summed E-state index contributed by atoms with van der Waals surface area (Å²) in [6, 6.07) is 5.43. The van der Waals surface area contributed by atoms with Gasteiger partial charge in [-0.3, -0.25) is 4.79 Å². The lowest BCUT2D eigenvalue weighted by Crippen LogP contribution is -2.50. The first-order valence-electron chi connectivity index (χ1n) is 7.36. The van der Waals surface area contributed by atoms with Gasteiger partial charge < -0.3 is 14.7 Å². The number of ether oxygens (including phenoxy) is 1. The third-order valence-electron chi connectivity index (χ3n) is 4.01. The van der Waals surface area contributed by atoms with Gasteiger partial charge in [0.25, 0.3) is 5.91 Å². The Balaban J connectivity index is 1.96. The predicted molar refractivity (Wildman–Crippen MR) is 77.5 cm³/mol. The van der Waals surface area contributed by atoms with Gasteiger partial charge >= 0.3 is 0 Å². The molecular weight excluding hydrogens is 273 g/mol. The maximum absolute atomic E-state index is 12.8. The monoisotopic (exact) mass is 295 g/mol. The minimum absolute atomic E-state index is 0.148. The largest absolute Gasteiger partial charge is 0.481 e. The molecule has 0 unspecified atom stereocenters. The molecule has 0 heterocycles. The number of nitrogens with zero attached hydrogens (tertiary/aromatic N) is 1. The van der Waals surface area contributed by atoms with Crippen LogP contribution in [0.4, 0.5) is 4.39 Å². The highest BCUT2D eigenvalue weighted by molar-refractivity contribution is 5.81. The van der Waals surface area contributed by atoms with Gasteiger partial charge in [0.05, 0.1) is 12.1 Å². The van der Waals surface area contributed by atoms with Crippen molar-refractivity contribution < 1.29 is 19.0 Å². The van der Waals surface area contributed by atoms with E-state index in [1.807, 2.05) is 0 Å². The van der Waals surface area contributed by atoms with Crippen molar-refractivity contribution >= 4 is 5.91 Å². The zero-order valence-electron chi connectivity index (χ0n) is 12.5. The quantitative estimate of drug-likeness (QED) is 0.927. The maximum Gasteiger partial charge on any atom is 0.263 e. The van der Waals surface area contributed by atoms with Crippen LogP contribution in [0.1, 0.15) is 32.6 Å². The Hall–Kier alpha value is -1.62. The number of halogens is 1. The molecule has 0 bridgehead atoms. The van der Waals surface area contributed by atoms with Crippen LogP contribution in [0.2, 0.25) is 0 Å². The third-order valence-corrected chi connectivity index (χ3v) is 4.01. The molecule has 116 valence electrons. The molecular formula is C16H22FNO3. The van der Waals surface area contributed by atoms with E-state index < -0.39 is 12.2 Å². The number of benzene rings is 1. The lowest BCUT2D eigenvalue weighted by Gasteiger charge is -2.36. The summed E-state index contributed by atoms with van der Waals surface area (Å²) in [4.78, 5) is 14.0. The van der Waals surface area contributed by atoms with Gasteiger partial charge in [-0.25, -0.2) is 4.39 Å². The number of carbonyl (C=O) groups excluding carboxylic acids is 1. The highest BCUT2D eigenvalue weighted by Crippen LogP contribution is 2.23. The number of hydrogen-bond acceptors (Lipinski definition) is 3. The second-order valence-electron chi connectivity index (χ2n) is 5.58. The number of aliphatic hydroxyl groups is 1. The molecule has 1 saturated carbocycles. The topological polar surface area (TPSA) is 49.8 Å². The van der Waals surface area contributed by atoms with Crippen LogP contribution in [0.15, 0.2) is 24.3 Å². The predicted octanol–water partition coefficient (Wildman–Crippen LogP) is 2.35. The highest BCUT2D eigenvalue weighted by Gasteiger charge is 2.31. The standard InChI is InChI=1S/C16H22FNO3/c1-11(21-13-9-7-12(17)8-10-13)16(20)18(2)14-5-3-4-6-15(14)19/h7-11,14-15,19H,3-6H2,1-2H3/t11-,14-,15-/m1/s1. The van der Waals surface area contributed by atoms with Crippen molar-refractivity contribution in [3.05, 3.63) is 30.1 Å². The molecule has 1 amide bonds. The van der Waals surface area contributed by atoms with Gasteiger partial charge in [-0.2, -0.15) is 0 Å². The first-order chi connectivity index (χ1) is 9.99. The van der Waals surface area contributed by atoms with E-state index >= 15 is 0 Å². The summed E-state index contributed by atoms with van der Waals surface area (Å²) in [6.07, 6.45) is 2.43. The van der Waals surface area contributed by atoms with Crippen LogP contribution in [0.5, 0.6) is 5.75 Å². The van der Waals surface area contributed by atoms with Gasteiger partial charge in [0.15, 0.2) is 6.10 Å². The van der Waals surface area contributed by atoms with Crippen molar-refractivity contribution in [3.8, 4) is 5.75 Å². The molecule has 0 aromatic heterocycles. The summed E-state index contributed by atoms with van der Waals surface area (Å²) in [5, 5.41) is 10.0. The molecule has 0 aliphatic heterocycles. The molecule has 0 saturated heterocycles. The van der Waals surface area contributed by atoms with E-state index in [1.165, 1.54) is 24.3 Å². The molecule has 3 atom stereocenters. The van der Waals surface area contributed by atoms with E-state index in [2.05, 4.69) is 0 Å². The van der Waals surface area contributed by atoms with Crippen molar-refractivity contribution in [2.75, 3.05) is 7.05 Å². The Kier molecular flexibility index (Phi) is 5.17.